The first-order valence-corrected chi connectivity index (χ1v) is 9.91. The Balaban J connectivity index is 1.96. The molecule has 5 nitrogen and oxygen atoms in total. The van der Waals surface area contributed by atoms with E-state index in [1.165, 1.54) is 0 Å². The molecule has 7 heteroatoms. The van der Waals surface area contributed by atoms with E-state index >= 15 is 0 Å². The largest absolute Gasteiger partial charge is 0.497 e. The lowest BCUT2D eigenvalue weighted by Crippen LogP contribution is -2.07. The van der Waals surface area contributed by atoms with Crippen molar-refractivity contribution in [2.45, 2.75) is 19.3 Å². The molecule has 0 fully saturated rings. The third-order valence-corrected chi connectivity index (χ3v) is 5.47. The summed E-state index contributed by atoms with van der Waals surface area (Å²) >= 11 is 12.6. The van der Waals surface area contributed by atoms with Gasteiger partial charge in [-0.2, -0.15) is 5.10 Å². The van der Waals surface area contributed by atoms with E-state index in [1.807, 2.05) is 35.0 Å². The van der Waals surface area contributed by atoms with Crippen molar-refractivity contribution in [2.24, 2.45) is 0 Å². The van der Waals surface area contributed by atoms with Gasteiger partial charge in [-0.05, 0) is 55.7 Å². The molecule has 1 aliphatic heterocycles. The Hall–Kier alpha value is -2.37. The van der Waals surface area contributed by atoms with Crippen molar-refractivity contribution < 1.29 is 9.47 Å². The Morgan fingerprint density at radius 2 is 1.89 bits per heavy atom. The number of rotatable bonds is 4. The van der Waals surface area contributed by atoms with Crippen molar-refractivity contribution in [1.82, 2.24) is 9.78 Å². The molecule has 0 saturated heterocycles. The van der Waals surface area contributed by atoms with Gasteiger partial charge in [0.25, 0.3) is 0 Å². The van der Waals surface area contributed by atoms with Gasteiger partial charge in [0.15, 0.2) is 0 Å². The molecule has 2 aromatic carbocycles. The van der Waals surface area contributed by atoms with E-state index < -0.39 is 0 Å². The van der Waals surface area contributed by atoms with Crippen LogP contribution in [0, 0.1) is 0 Å². The fourth-order valence-corrected chi connectivity index (χ4v) is 4.03. The van der Waals surface area contributed by atoms with E-state index in [2.05, 4.69) is 5.32 Å². The van der Waals surface area contributed by atoms with Crippen LogP contribution < -0.4 is 14.8 Å². The normalized spacial score (nSPS) is 13.4. The Bertz CT molecular complexity index is 1020. The maximum absolute atomic E-state index is 6.49. The number of fused-ring (bicyclic) bond motifs is 1. The Morgan fingerprint density at radius 1 is 1.04 bits per heavy atom. The molecule has 0 unspecified atom stereocenters. The zero-order chi connectivity index (χ0) is 19.7. The summed E-state index contributed by atoms with van der Waals surface area (Å²) in [5, 5.41) is 9.61. The summed E-state index contributed by atoms with van der Waals surface area (Å²) in [5.74, 6) is 2.46. The van der Waals surface area contributed by atoms with Crippen LogP contribution in [0.1, 0.15) is 18.4 Å². The summed E-state index contributed by atoms with van der Waals surface area (Å²) in [4.78, 5) is 0. The topological polar surface area (TPSA) is 48.3 Å². The van der Waals surface area contributed by atoms with Gasteiger partial charge in [0.1, 0.15) is 23.0 Å². The van der Waals surface area contributed by atoms with Crippen LogP contribution in [-0.2, 0) is 6.42 Å². The van der Waals surface area contributed by atoms with E-state index in [0.717, 1.165) is 65.6 Å². The van der Waals surface area contributed by atoms with E-state index in [0.29, 0.717) is 10.0 Å². The number of methoxy groups -OCH3 is 2. The highest BCUT2D eigenvalue weighted by Crippen LogP contribution is 2.40. The standard InChI is InChI=1S/C21H21Cl2N3O2/c1-27-14-7-9-19(28-2)16(12-14)20-15-5-3-4-10-24-21(15)26(25-20)18-8-6-13(22)11-17(18)23/h6-9,11-12,24H,3-5,10H2,1-2H3. The summed E-state index contributed by atoms with van der Waals surface area (Å²) < 4.78 is 12.9. The third kappa shape index (κ3) is 3.40. The first kappa shape index (κ1) is 19.0. The smallest absolute Gasteiger partial charge is 0.133 e. The van der Waals surface area contributed by atoms with Crippen LogP contribution in [0.3, 0.4) is 0 Å². The lowest BCUT2D eigenvalue weighted by molar-refractivity contribution is 0.404. The minimum absolute atomic E-state index is 0.549. The van der Waals surface area contributed by atoms with E-state index in [1.54, 1.807) is 20.3 Å². The summed E-state index contributed by atoms with van der Waals surface area (Å²) in [6, 6.07) is 11.2. The van der Waals surface area contributed by atoms with Crippen LogP contribution in [0.2, 0.25) is 10.0 Å². The number of hydrogen-bond donors (Lipinski definition) is 1. The summed E-state index contributed by atoms with van der Waals surface area (Å²) in [5.41, 5.74) is 3.69. The van der Waals surface area contributed by atoms with Crippen molar-refractivity contribution in [3.05, 3.63) is 52.0 Å². The SMILES string of the molecule is COc1ccc(OC)c(-c2nn(-c3ccc(Cl)cc3Cl)c3c2CCCCN3)c1. The number of nitrogens with zero attached hydrogens (tertiary/aromatic N) is 2. The number of ether oxygens (including phenoxy) is 2. The Labute approximate surface area is 174 Å². The highest BCUT2D eigenvalue weighted by atomic mass is 35.5. The molecule has 0 saturated carbocycles. The monoisotopic (exact) mass is 417 g/mol. The first-order valence-electron chi connectivity index (χ1n) is 9.16. The zero-order valence-electron chi connectivity index (χ0n) is 15.8. The Kier molecular flexibility index (Phi) is 5.38. The molecule has 0 amide bonds. The molecule has 28 heavy (non-hydrogen) atoms. The molecule has 1 aromatic heterocycles. The summed E-state index contributed by atoms with van der Waals surface area (Å²) in [7, 11) is 3.31. The minimum atomic E-state index is 0.549. The molecule has 146 valence electrons. The highest BCUT2D eigenvalue weighted by Gasteiger charge is 2.24. The van der Waals surface area contributed by atoms with Crippen molar-refractivity contribution in [3.63, 3.8) is 0 Å². The number of hydrogen-bond acceptors (Lipinski definition) is 4. The van der Waals surface area contributed by atoms with Crippen LogP contribution in [0.5, 0.6) is 11.5 Å². The predicted octanol–water partition coefficient (Wildman–Crippen LogP) is 5.61. The third-order valence-electron chi connectivity index (χ3n) is 4.93. The molecule has 0 spiro atoms. The second kappa shape index (κ2) is 7.94. The molecule has 1 aliphatic rings. The molecule has 0 aliphatic carbocycles. The van der Waals surface area contributed by atoms with Gasteiger partial charge in [-0.3, -0.25) is 0 Å². The molecule has 4 rings (SSSR count). The second-order valence-corrected chi connectivity index (χ2v) is 7.48. The number of nitrogens with one attached hydrogen (secondary N) is 1. The number of benzene rings is 2. The van der Waals surface area contributed by atoms with Gasteiger partial charge < -0.3 is 14.8 Å². The number of anilines is 1. The average molecular weight is 418 g/mol. The zero-order valence-corrected chi connectivity index (χ0v) is 17.3. The van der Waals surface area contributed by atoms with Crippen LogP contribution in [0.15, 0.2) is 36.4 Å². The van der Waals surface area contributed by atoms with E-state index in [4.69, 9.17) is 37.8 Å². The molecule has 2 heterocycles. The Morgan fingerprint density at radius 3 is 2.64 bits per heavy atom. The fourth-order valence-electron chi connectivity index (χ4n) is 3.55. The highest BCUT2D eigenvalue weighted by molar-refractivity contribution is 6.35. The predicted molar refractivity (Wildman–Crippen MR) is 114 cm³/mol. The van der Waals surface area contributed by atoms with Gasteiger partial charge in [0.2, 0.25) is 0 Å². The van der Waals surface area contributed by atoms with E-state index in [9.17, 15) is 0 Å². The first-order chi connectivity index (χ1) is 13.6. The molecule has 3 aromatic rings. The summed E-state index contributed by atoms with van der Waals surface area (Å²) in [6.07, 6.45) is 3.10. The van der Waals surface area contributed by atoms with Gasteiger partial charge in [-0.25, -0.2) is 4.68 Å². The van der Waals surface area contributed by atoms with Crippen LogP contribution >= 0.6 is 23.2 Å². The van der Waals surface area contributed by atoms with E-state index in [-0.39, 0.29) is 0 Å². The molecular formula is C21H21Cl2N3O2. The van der Waals surface area contributed by atoms with Gasteiger partial charge >= 0.3 is 0 Å². The van der Waals surface area contributed by atoms with Crippen molar-refractivity contribution >= 4 is 29.0 Å². The number of halogens is 2. The molecule has 0 atom stereocenters. The van der Waals surface area contributed by atoms with Crippen molar-refractivity contribution in [3.8, 4) is 28.4 Å². The van der Waals surface area contributed by atoms with Crippen LogP contribution in [-0.4, -0.2) is 30.5 Å². The molecule has 1 N–H and O–H groups in total. The molecule has 0 bridgehead atoms. The lowest BCUT2D eigenvalue weighted by Gasteiger charge is -2.10. The molecular weight excluding hydrogens is 397 g/mol. The summed E-state index contributed by atoms with van der Waals surface area (Å²) in [6.45, 7) is 0.887. The van der Waals surface area contributed by atoms with Gasteiger partial charge in [0.05, 0.1) is 24.9 Å². The average Bonchev–Trinajstić information content (AvgIpc) is 2.88. The van der Waals surface area contributed by atoms with Gasteiger partial charge in [0, 0.05) is 22.7 Å². The fraction of sp³-hybridized carbons (Fsp3) is 0.286. The maximum Gasteiger partial charge on any atom is 0.133 e. The maximum atomic E-state index is 6.49. The molecule has 0 radical (unpaired) electrons. The lowest BCUT2D eigenvalue weighted by atomic mass is 10.0. The quantitative estimate of drug-likeness (QED) is 0.598. The van der Waals surface area contributed by atoms with Crippen molar-refractivity contribution in [2.75, 3.05) is 26.1 Å². The van der Waals surface area contributed by atoms with Gasteiger partial charge in [-0.1, -0.05) is 23.2 Å². The van der Waals surface area contributed by atoms with Crippen LogP contribution in [0.4, 0.5) is 5.82 Å². The number of aromatic nitrogens is 2. The second-order valence-electron chi connectivity index (χ2n) is 6.63. The van der Waals surface area contributed by atoms with Gasteiger partial charge in [-0.15, -0.1) is 0 Å². The van der Waals surface area contributed by atoms with Crippen LogP contribution in [0.25, 0.3) is 16.9 Å². The minimum Gasteiger partial charge on any atom is -0.497 e. The van der Waals surface area contributed by atoms with Crippen molar-refractivity contribution in [1.29, 1.82) is 0 Å².